The number of amides is 1. The molecule has 3 rings (SSSR count). The van der Waals surface area contributed by atoms with Gasteiger partial charge in [-0.05, 0) is 17.7 Å². The number of ether oxygens (including phenoxy) is 1. The Bertz CT molecular complexity index is 651. The first kappa shape index (κ1) is 14.8. The van der Waals surface area contributed by atoms with Crippen LogP contribution in [0.2, 0.25) is 5.02 Å². The van der Waals surface area contributed by atoms with Crippen LogP contribution in [0, 0.1) is 0 Å². The number of rotatable bonds is 4. The summed E-state index contributed by atoms with van der Waals surface area (Å²) in [5.74, 6) is 0.0631. The van der Waals surface area contributed by atoms with Crippen molar-refractivity contribution in [3.63, 3.8) is 0 Å². The summed E-state index contributed by atoms with van der Waals surface area (Å²) in [6.07, 6.45) is 4.31. The van der Waals surface area contributed by atoms with Crippen molar-refractivity contribution in [2.24, 2.45) is 0 Å². The molecule has 1 aromatic heterocycles. The Balaban J connectivity index is 1.56. The molecular weight excluding hydrogens is 302 g/mol. The SMILES string of the molecule is O=C(Cc1ccccc1Cl)N1CC[C@@H](Oc2ncccn2)C1. The molecule has 1 saturated heterocycles. The number of aromatic nitrogens is 2. The minimum absolute atomic E-state index is 0.0578. The Morgan fingerprint density at radius 2 is 2.05 bits per heavy atom. The maximum atomic E-state index is 12.3. The molecule has 6 heteroatoms. The van der Waals surface area contributed by atoms with E-state index in [9.17, 15) is 4.79 Å². The lowest BCUT2D eigenvalue weighted by atomic mass is 10.1. The van der Waals surface area contributed by atoms with Gasteiger partial charge in [-0.2, -0.15) is 0 Å². The molecule has 0 unspecified atom stereocenters. The average Bonchev–Trinajstić information content (AvgIpc) is 2.99. The van der Waals surface area contributed by atoms with E-state index in [2.05, 4.69) is 9.97 Å². The Labute approximate surface area is 133 Å². The Morgan fingerprint density at radius 3 is 2.82 bits per heavy atom. The van der Waals surface area contributed by atoms with Crippen molar-refractivity contribution in [3.05, 3.63) is 53.3 Å². The zero-order valence-electron chi connectivity index (χ0n) is 12.0. The number of carbonyl (C=O) groups is 1. The maximum Gasteiger partial charge on any atom is 0.316 e. The normalized spacial score (nSPS) is 17.5. The summed E-state index contributed by atoms with van der Waals surface area (Å²) in [6.45, 7) is 1.24. The molecule has 22 heavy (non-hydrogen) atoms. The number of hydrogen-bond acceptors (Lipinski definition) is 4. The number of hydrogen-bond donors (Lipinski definition) is 0. The third kappa shape index (κ3) is 3.54. The minimum Gasteiger partial charge on any atom is -0.458 e. The van der Waals surface area contributed by atoms with E-state index < -0.39 is 0 Å². The van der Waals surface area contributed by atoms with Crippen molar-refractivity contribution >= 4 is 17.5 Å². The van der Waals surface area contributed by atoms with Gasteiger partial charge < -0.3 is 9.64 Å². The van der Waals surface area contributed by atoms with Gasteiger partial charge in [0.05, 0.1) is 13.0 Å². The Morgan fingerprint density at radius 1 is 1.27 bits per heavy atom. The van der Waals surface area contributed by atoms with Crippen LogP contribution in [0.3, 0.4) is 0 Å². The van der Waals surface area contributed by atoms with E-state index in [1.807, 2.05) is 18.2 Å². The zero-order chi connectivity index (χ0) is 15.4. The zero-order valence-corrected chi connectivity index (χ0v) is 12.7. The molecule has 1 aromatic carbocycles. The van der Waals surface area contributed by atoms with Gasteiger partial charge in [0.15, 0.2) is 0 Å². The molecule has 0 spiro atoms. The van der Waals surface area contributed by atoms with Crippen LogP contribution in [0.1, 0.15) is 12.0 Å². The second-order valence-corrected chi connectivity index (χ2v) is 5.58. The summed E-state index contributed by atoms with van der Waals surface area (Å²) in [7, 11) is 0. The second-order valence-electron chi connectivity index (χ2n) is 5.17. The van der Waals surface area contributed by atoms with E-state index in [1.54, 1.807) is 29.4 Å². The number of halogens is 1. The maximum absolute atomic E-state index is 12.3. The molecule has 0 aliphatic carbocycles. The van der Waals surface area contributed by atoms with E-state index in [1.165, 1.54) is 0 Å². The van der Waals surface area contributed by atoms with Crippen LogP contribution in [-0.4, -0.2) is 40.0 Å². The van der Waals surface area contributed by atoms with Gasteiger partial charge >= 0.3 is 6.01 Å². The first-order valence-corrected chi connectivity index (χ1v) is 7.55. The number of nitrogens with zero attached hydrogens (tertiary/aromatic N) is 3. The molecule has 1 fully saturated rings. The summed E-state index contributed by atoms with van der Waals surface area (Å²) in [6, 6.07) is 9.51. The van der Waals surface area contributed by atoms with E-state index >= 15 is 0 Å². The summed E-state index contributed by atoms with van der Waals surface area (Å²) < 4.78 is 5.69. The molecule has 1 aliphatic rings. The van der Waals surface area contributed by atoms with Gasteiger partial charge in [0, 0.05) is 30.4 Å². The van der Waals surface area contributed by atoms with E-state index in [-0.39, 0.29) is 12.0 Å². The van der Waals surface area contributed by atoms with E-state index in [0.717, 1.165) is 12.0 Å². The molecule has 0 bridgehead atoms. The van der Waals surface area contributed by atoms with Gasteiger partial charge in [-0.3, -0.25) is 4.79 Å². The molecule has 1 aliphatic heterocycles. The van der Waals surface area contributed by atoms with Crippen LogP contribution in [0.15, 0.2) is 42.7 Å². The predicted molar refractivity (Wildman–Crippen MR) is 82.8 cm³/mol. The molecular formula is C16H16ClN3O2. The van der Waals surface area contributed by atoms with E-state index in [0.29, 0.717) is 30.5 Å². The van der Waals surface area contributed by atoms with Gasteiger partial charge in [0.1, 0.15) is 6.10 Å². The van der Waals surface area contributed by atoms with Crippen molar-refractivity contribution in [1.82, 2.24) is 14.9 Å². The van der Waals surface area contributed by atoms with Crippen LogP contribution in [0.4, 0.5) is 0 Å². The molecule has 1 atom stereocenters. The first-order chi connectivity index (χ1) is 10.7. The third-order valence-electron chi connectivity index (χ3n) is 3.61. The molecule has 0 saturated carbocycles. The van der Waals surface area contributed by atoms with Gasteiger partial charge in [-0.15, -0.1) is 0 Å². The second kappa shape index (κ2) is 6.75. The lowest BCUT2D eigenvalue weighted by Crippen LogP contribution is -2.32. The molecule has 1 amide bonds. The molecule has 2 heterocycles. The summed E-state index contributed by atoms with van der Waals surface area (Å²) >= 11 is 6.10. The highest BCUT2D eigenvalue weighted by Crippen LogP contribution is 2.19. The summed E-state index contributed by atoms with van der Waals surface area (Å²) in [5, 5.41) is 0.625. The van der Waals surface area contributed by atoms with Crippen LogP contribution >= 0.6 is 11.6 Å². The number of benzene rings is 1. The van der Waals surface area contributed by atoms with E-state index in [4.69, 9.17) is 16.3 Å². The Kier molecular flexibility index (Phi) is 4.53. The molecule has 0 N–H and O–H groups in total. The highest BCUT2D eigenvalue weighted by molar-refractivity contribution is 6.31. The van der Waals surface area contributed by atoms with Gasteiger partial charge in [0.25, 0.3) is 0 Å². The monoisotopic (exact) mass is 317 g/mol. The summed E-state index contributed by atoms with van der Waals surface area (Å²) in [5.41, 5.74) is 0.852. The van der Waals surface area contributed by atoms with Crippen molar-refractivity contribution in [2.75, 3.05) is 13.1 Å². The highest BCUT2D eigenvalue weighted by Gasteiger charge is 2.28. The third-order valence-corrected chi connectivity index (χ3v) is 3.98. The predicted octanol–water partition coefficient (Wildman–Crippen LogP) is 2.35. The smallest absolute Gasteiger partial charge is 0.316 e. The van der Waals surface area contributed by atoms with Crippen LogP contribution in [-0.2, 0) is 11.2 Å². The number of carbonyl (C=O) groups excluding carboxylic acids is 1. The standard InChI is InChI=1S/C16H16ClN3O2/c17-14-5-2-1-4-12(14)10-15(21)20-9-6-13(11-20)22-16-18-7-3-8-19-16/h1-5,7-8,13H,6,9-11H2/t13-/m1/s1. The first-order valence-electron chi connectivity index (χ1n) is 7.17. The average molecular weight is 318 g/mol. The largest absolute Gasteiger partial charge is 0.458 e. The molecule has 2 aromatic rings. The van der Waals surface area contributed by atoms with Crippen LogP contribution < -0.4 is 4.74 Å². The van der Waals surface area contributed by atoms with Crippen LogP contribution in [0.25, 0.3) is 0 Å². The fourth-order valence-corrected chi connectivity index (χ4v) is 2.67. The highest BCUT2D eigenvalue weighted by atomic mass is 35.5. The van der Waals surface area contributed by atoms with Gasteiger partial charge in [0.2, 0.25) is 5.91 Å². The Hall–Kier alpha value is -2.14. The molecule has 0 radical (unpaired) electrons. The fourth-order valence-electron chi connectivity index (χ4n) is 2.46. The molecule has 5 nitrogen and oxygen atoms in total. The quantitative estimate of drug-likeness (QED) is 0.868. The van der Waals surface area contributed by atoms with Crippen molar-refractivity contribution in [3.8, 4) is 6.01 Å². The number of likely N-dealkylation sites (tertiary alicyclic amines) is 1. The minimum atomic E-state index is -0.0578. The fraction of sp³-hybridized carbons (Fsp3) is 0.312. The van der Waals surface area contributed by atoms with Gasteiger partial charge in [-0.25, -0.2) is 9.97 Å². The summed E-state index contributed by atoms with van der Waals surface area (Å²) in [4.78, 5) is 22.2. The van der Waals surface area contributed by atoms with Gasteiger partial charge in [-0.1, -0.05) is 29.8 Å². The van der Waals surface area contributed by atoms with Crippen molar-refractivity contribution in [1.29, 1.82) is 0 Å². The topological polar surface area (TPSA) is 55.3 Å². The lowest BCUT2D eigenvalue weighted by Gasteiger charge is -2.17. The van der Waals surface area contributed by atoms with Crippen molar-refractivity contribution in [2.45, 2.75) is 18.9 Å². The van der Waals surface area contributed by atoms with Crippen LogP contribution in [0.5, 0.6) is 6.01 Å². The van der Waals surface area contributed by atoms with Crippen molar-refractivity contribution < 1.29 is 9.53 Å². The molecule has 114 valence electrons. The lowest BCUT2D eigenvalue weighted by molar-refractivity contribution is -0.129.